The van der Waals surface area contributed by atoms with E-state index >= 15 is 0 Å². The van der Waals surface area contributed by atoms with Crippen molar-refractivity contribution >= 4 is 15.9 Å². The predicted molar refractivity (Wildman–Crippen MR) is 55.1 cm³/mol. The van der Waals surface area contributed by atoms with Crippen molar-refractivity contribution in [2.75, 3.05) is 0 Å². The fraction of sp³-hybridized carbons (Fsp3) is 0.778. The molecule has 0 bridgehead atoms. The number of allylic oxidation sites excluding steroid dienone is 1. The van der Waals surface area contributed by atoms with Gasteiger partial charge in [0.25, 0.3) is 0 Å². The van der Waals surface area contributed by atoms with E-state index in [1.54, 1.807) is 0 Å². The van der Waals surface area contributed by atoms with Gasteiger partial charge in [-0.1, -0.05) is 28.4 Å². The van der Waals surface area contributed by atoms with Crippen LogP contribution in [0.3, 0.4) is 0 Å². The normalized spacial score (nSPS) is 15.1. The Labute approximate surface area is 86.5 Å². The van der Waals surface area contributed by atoms with Crippen LogP contribution in [0.5, 0.6) is 0 Å². The highest BCUT2D eigenvalue weighted by Gasteiger charge is 2.06. The van der Waals surface area contributed by atoms with Crippen LogP contribution in [0, 0.1) is 0 Å². The maximum Gasteiger partial charge on any atom is 0.238 e. The van der Waals surface area contributed by atoms with Gasteiger partial charge in [-0.3, -0.25) is 0 Å². The third kappa shape index (κ3) is 7.14. The molecule has 0 spiro atoms. The van der Waals surface area contributed by atoms with Gasteiger partial charge in [-0.05, 0) is 19.8 Å². The van der Waals surface area contributed by atoms with E-state index < -0.39 is 6.43 Å². The van der Waals surface area contributed by atoms with Gasteiger partial charge in [0.2, 0.25) is 6.43 Å². The van der Waals surface area contributed by atoms with E-state index in [4.69, 9.17) is 5.73 Å². The molecule has 0 aliphatic heterocycles. The van der Waals surface area contributed by atoms with Crippen LogP contribution in [-0.4, -0.2) is 12.5 Å². The highest BCUT2D eigenvalue weighted by atomic mass is 79.9. The Hall–Kier alpha value is 0.0400. The van der Waals surface area contributed by atoms with Crippen LogP contribution in [-0.2, 0) is 0 Å². The molecule has 4 heteroatoms. The molecule has 0 rings (SSSR count). The third-order valence-electron chi connectivity index (χ3n) is 1.82. The number of hydrogen-bond acceptors (Lipinski definition) is 1. The Kier molecular flexibility index (Phi) is 7.47. The largest absolute Gasteiger partial charge is 0.324 e. The minimum Gasteiger partial charge on any atom is -0.324 e. The van der Waals surface area contributed by atoms with Crippen molar-refractivity contribution in [2.24, 2.45) is 5.73 Å². The number of unbranched alkanes of at least 4 members (excludes halogenated alkanes) is 1. The van der Waals surface area contributed by atoms with E-state index in [1.807, 2.05) is 13.0 Å². The van der Waals surface area contributed by atoms with Crippen LogP contribution < -0.4 is 5.73 Å². The van der Waals surface area contributed by atoms with E-state index in [2.05, 4.69) is 15.9 Å². The molecule has 0 aromatic heterocycles. The van der Waals surface area contributed by atoms with Crippen molar-refractivity contribution in [2.45, 2.75) is 45.1 Å². The van der Waals surface area contributed by atoms with Crippen LogP contribution in [0.1, 0.15) is 32.6 Å². The van der Waals surface area contributed by atoms with Gasteiger partial charge in [0, 0.05) is 16.9 Å². The second-order valence-electron chi connectivity index (χ2n) is 2.96. The second kappa shape index (κ2) is 7.44. The van der Waals surface area contributed by atoms with E-state index in [1.165, 1.54) is 0 Å². The van der Waals surface area contributed by atoms with Crippen molar-refractivity contribution < 1.29 is 8.78 Å². The van der Waals surface area contributed by atoms with Crippen molar-refractivity contribution in [3.8, 4) is 0 Å². The molecule has 1 nitrogen and oxygen atoms in total. The second-order valence-corrected chi connectivity index (χ2v) is 3.87. The summed E-state index contributed by atoms with van der Waals surface area (Å²) in [6.07, 6.45) is 1.76. The van der Waals surface area contributed by atoms with E-state index in [0.717, 1.165) is 17.3 Å². The lowest BCUT2D eigenvalue weighted by molar-refractivity contribution is 0.133. The SMILES string of the molecule is C/C=C(/Br)C(N)CCCCC(F)F. The van der Waals surface area contributed by atoms with E-state index in [-0.39, 0.29) is 12.5 Å². The molecule has 0 fully saturated rings. The summed E-state index contributed by atoms with van der Waals surface area (Å²) in [6.45, 7) is 1.89. The summed E-state index contributed by atoms with van der Waals surface area (Å²) in [7, 11) is 0. The molecule has 0 aromatic rings. The molecule has 0 saturated heterocycles. The van der Waals surface area contributed by atoms with Gasteiger partial charge in [0.1, 0.15) is 0 Å². The first kappa shape index (κ1) is 13.0. The number of halogens is 3. The predicted octanol–water partition coefficient (Wildman–Crippen LogP) is 3.44. The minimum atomic E-state index is -2.18. The number of alkyl halides is 2. The van der Waals surface area contributed by atoms with Crippen LogP contribution in [0.2, 0.25) is 0 Å². The van der Waals surface area contributed by atoms with Gasteiger partial charge < -0.3 is 5.73 Å². The fourth-order valence-electron chi connectivity index (χ4n) is 1.01. The molecule has 13 heavy (non-hydrogen) atoms. The van der Waals surface area contributed by atoms with E-state index in [0.29, 0.717) is 6.42 Å². The summed E-state index contributed by atoms with van der Waals surface area (Å²) in [4.78, 5) is 0. The number of rotatable bonds is 6. The summed E-state index contributed by atoms with van der Waals surface area (Å²) < 4.78 is 24.4. The highest BCUT2D eigenvalue weighted by Crippen LogP contribution is 2.15. The van der Waals surface area contributed by atoms with Crippen LogP contribution in [0.4, 0.5) is 8.78 Å². The standard InChI is InChI=1S/C9H16BrF2N/c1-2-7(10)8(13)5-3-4-6-9(11)12/h2,8-9H,3-6,13H2,1H3/b7-2+. The monoisotopic (exact) mass is 255 g/mol. The van der Waals surface area contributed by atoms with Crippen molar-refractivity contribution in [3.05, 3.63) is 10.6 Å². The van der Waals surface area contributed by atoms with Gasteiger partial charge in [0.15, 0.2) is 0 Å². The first-order valence-corrected chi connectivity index (χ1v) is 5.22. The molecule has 0 aliphatic rings. The number of hydrogen-bond donors (Lipinski definition) is 1. The molecule has 0 heterocycles. The summed E-state index contributed by atoms with van der Waals surface area (Å²) >= 11 is 3.31. The quantitative estimate of drug-likeness (QED) is 0.724. The molecule has 0 saturated carbocycles. The zero-order chi connectivity index (χ0) is 10.3. The Morgan fingerprint density at radius 2 is 1.92 bits per heavy atom. The molecule has 0 radical (unpaired) electrons. The third-order valence-corrected chi connectivity index (χ3v) is 2.86. The van der Waals surface area contributed by atoms with E-state index in [9.17, 15) is 8.78 Å². The van der Waals surface area contributed by atoms with Crippen molar-refractivity contribution in [1.29, 1.82) is 0 Å². The van der Waals surface area contributed by atoms with Crippen molar-refractivity contribution in [3.63, 3.8) is 0 Å². The van der Waals surface area contributed by atoms with Gasteiger partial charge in [-0.2, -0.15) is 0 Å². The summed E-state index contributed by atoms with van der Waals surface area (Å²) in [5.74, 6) is 0. The van der Waals surface area contributed by atoms with Crippen LogP contribution >= 0.6 is 15.9 Å². The molecule has 1 atom stereocenters. The fourth-order valence-corrected chi connectivity index (χ4v) is 1.24. The summed E-state index contributed by atoms with van der Waals surface area (Å²) in [5.41, 5.74) is 5.74. The average molecular weight is 256 g/mol. The zero-order valence-electron chi connectivity index (χ0n) is 7.77. The lowest BCUT2D eigenvalue weighted by Gasteiger charge is -2.09. The zero-order valence-corrected chi connectivity index (χ0v) is 9.36. The van der Waals surface area contributed by atoms with Crippen LogP contribution in [0.15, 0.2) is 10.6 Å². The Bertz CT molecular complexity index is 160. The molecule has 1 unspecified atom stereocenters. The van der Waals surface area contributed by atoms with Gasteiger partial charge in [-0.25, -0.2) is 8.78 Å². The highest BCUT2D eigenvalue weighted by molar-refractivity contribution is 9.11. The summed E-state index contributed by atoms with van der Waals surface area (Å²) in [6, 6.07) is -0.0392. The molecule has 78 valence electrons. The Balaban J connectivity index is 3.43. The molecular weight excluding hydrogens is 240 g/mol. The molecular formula is C9H16BrF2N. The average Bonchev–Trinajstić information content (AvgIpc) is 2.10. The number of nitrogens with two attached hydrogens (primary N) is 1. The summed E-state index contributed by atoms with van der Waals surface area (Å²) in [5, 5.41) is 0. The maximum atomic E-state index is 11.7. The smallest absolute Gasteiger partial charge is 0.238 e. The van der Waals surface area contributed by atoms with Gasteiger partial charge in [-0.15, -0.1) is 0 Å². The molecule has 0 amide bonds. The first-order chi connectivity index (χ1) is 6.07. The minimum absolute atomic E-state index is 0.0137. The topological polar surface area (TPSA) is 26.0 Å². The Morgan fingerprint density at radius 3 is 2.38 bits per heavy atom. The van der Waals surface area contributed by atoms with Gasteiger partial charge in [0.05, 0.1) is 0 Å². The lowest BCUT2D eigenvalue weighted by atomic mass is 10.1. The molecule has 0 aromatic carbocycles. The van der Waals surface area contributed by atoms with Gasteiger partial charge >= 0.3 is 0 Å². The van der Waals surface area contributed by atoms with Crippen LogP contribution in [0.25, 0.3) is 0 Å². The maximum absolute atomic E-state index is 11.7. The molecule has 0 aliphatic carbocycles. The molecule has 2 N–H and O–H groups in total. The van der Waals surface area contributed by atoms with Crippen molar-refractivity contribution in [1.82, 2.24) is 0 Å². The Morgan fingerprint density at radius 1 is 1.38 bits per heavy atom. The first-order valence-electron chi connectivity index (χ1n) is 4.43. The lowest BCUT2D eigenvalue weighted by Crippen LogP contribution is -2.19.